The van der Waals surface area contributed by atoms with Crippen molar-refractivity contribution in [2.75, 3.05) is 26.2 Å². The predicted octanol–water partition coefficient (Wildman–Crippen LogP) is 5.17. The SMILES string of the molecule is Cc1cc(CN2CCN(C3c4ccccc4-c4ccccc43)CC2)ccc1S. The number of thiol groups is 1. The van der Waals surface area contributed by atoms with Gasteiger partial charge in [-0.2, -0.15) is 0 Å². The highest BCUT2D eigenvalue weighted by molar-refractivity contribution is 7.80. The number of aryl methyl sites for hydroxylation is 1. The van der Waals surface area contributed by atoms with Crippen LogP contribution >= 0.6 is 12.6 Å². The van der Waals surface area contributed by atoms with Crippen LogP contribution in [-0.2, 0) is 6.54 Å². The minimum absolute atomic E-state index is 0.403. The van der Waals surface area contributed by atoms with Gasteiger partial charge in [0.25, 0.3) is 0 Å². The molecule has 2 nitrogen and oxygen atoms in total. The van der Waals surface area contributed by atoms with Crippen LogP contribution in [0.25, 0.3) is 11.1 Å². The maximum Gasteiger partial charge on any atom is 0.0614 e. The molecule has 0 amide bonds. The van der Waals surface area contributed by atoms with E-state index in [9.17, 15) is 0 Å². The molecule has 0 bridgehead atoms. The van der Waals surface area contributed by atoms with Gasteiger partial charge in [-0.1, -0.05) is 60.7 Å². The van der Waals surface area contributed by atoms with Gasteiger partial charge in [0.1, 0.15) is 0 Å². The number of hydrogen-bond acceptors (Lipinski definition) is 3. The number of piperazine rings is 1. The summed E-state index contributed by atoms with van der Waals surface area (Å²) in [5.41, 5.74) is 8.41. The van der Waals surface area contributed by atoms with Crippen LogP contribution in [0.5, 0.6) is 0 Å². The molecule has 0 N–H and O–H groups in total. The van der Waals surface area contributed by atoms with E-state index >= 15 is 0 Å². The van der Waals surface area contributed by atoms with E-state index in [4.69, 9.17) is 0 Å². The monoisotopic (exact) mass is 386 g/mol. The van der Waals surface area contributed by atoms with Crippen LogP contribution in [0.4, 0.5) is 0 Å². The van der Waals surface area contributed by atoms with Crippen LogP contribution in [0.3, 0.4) is 0 Å². The molecule has 1 saturated heterocycles. The molecule has 142 valence electrons. The minimum Gasteiger partial charge on any atom is -0.297 e. The third-order valence-electron chi connectivity index (χ3n) is 6.24. The van der Waals surface area contributed by atoms with E-state index in [1.54, 1.807) is 0 Å². The molecule has 3 heteroatoms. The second-order valence-corrected chi connectivity index (χ2v) is 8.49. The van der Waals surface area contributed by atoms with Crippen molar-refractivity contribution in [1.29, 1.82) is 0 Å². The first kappa shape index (κ1) is 18.0. The number of nitrogens with zero attached hydrogens (tertiary/aromatic N) is 2. The van der Waals surface area contributed by atoms with Crippen LogP contribution in [0.15, 0.2) is 71.6 Å². The first-order valence-electron chi connectivity index (χ1n) is 10.1. The van der Waals surface area contributed by atoms with E-state index < -0.39 is 0 Å². The summed E-state index contributed by atoms with van der Waals surface area (Å²) in [7, 11) is 0. The molecule has 1 fully saturated rings. The molecule has 1 heterocycles. The lowest BCUT2D eigenvalue weighted by Gasteiger charge is -2.38. The van der Waals surface area contributed by atoms with Crippen LogP contribution in [0.2, 0.25) is 0 Å². The topological polar surface area (TPSA) is 6.48 Å². The molecule has 0 unspecified atom stereocenters. The lowest BCUT2D eigenvalue weighted by Crippen LogP contribution is -2.47. The molecule has 0 spiro atoms. The van der Waals surface area contributed by atoms with Crippen LogP contribution in [-0.4, -0.2) is 36.0 Å². The van der Waals surface area contributed by atoms with E-state index in [-0.39, 0.29) is 0 Å². The van der Waals surface area contributed by atoms with Crippen molar-refractivity contribution in [1.82, 2.24) is 9.80 Å². The van der Waals surface area contributed by atoms with Crippen LogP contribution in [0, 0.1) is 6.92 Å². The third-order valence-corrected chi connectivity index (χ3v) is 6.74. The Morgan fingerprint density at radius 2 is 1.43 bits per heavy atom. The van der Waals surface area contributed by atoms with Gasteiger partial charge in [-0.25, -0.2) is 0 Å². The summed E-state index contributed by atoms with van der Waals surface area (Å²) < 4.78 is 0. The van der Waals surface area contributed by atoms with E-state index in [1.807, 2.05) is 0 Å². The van der Waals surface area contributed by atoms with Crippen molar-refractivity contribution in [3.05, 3.63) is 89.0 Å². The normalized spacial score (nSPS) is 17.5. The van der Waals surface area contributed by atoms with Gasteiger partial charge in [0.05, 0.1) is 6.04 Å². The molecule has 0 atom stereocenters. The molecule has 0 aromatic heterocycles. The van der Waals surface area contributed by atoms with Gasteiger partial charge in [-0.05, 0) is 46.4 Å². The zero-order valence-corrected chi connectivity index (χ0v) is 17.2. The Labute approximate surface area is 173 Å². The molecule has 3 aromatic carbocycles. The number of fused-ring (bicyclic) bond motifs is 3. The summed E-state index contributed by atoms with van der Waals surface area (Å²) >= 11 is 4.50. The van der Waals surface area contributed by atoms with Crippen molar-refractivity contribution < 1.29 is 0 Å². The van der Waals surface area contributed by atoms with Gasteiger partial charge in [0.2, 0.25) is 0 Å². The molecule has 5 rings (SSSR count). The third kappa shape index (κ3) is 3.18. The minimum atomic E-state index is 0.403. The zero-order valence-electron chi connectivity index (χ0n) is 16.3. The van der Waals surface area contributed by atoms with Gasteiger partial charge in [-0.15, -0.1) is 12.6 Å². The van der Waals surface area contributed by atoms with E-state index in [2.05, 4.69) is 96.1 Å². The summed E-state index contributed by atoms with van der Waals surface area (Å²) in [4.78, 5) is 6.33. The van der Waals surface area contributed by atoms with Crippen LogP contribution in [0.1, 0.15) is 28.3 Å². The van der Waals surface area contributed by atoms with Crippen molar-refractivity contribution in [3.8, 4) is 11.1 Å². The second-order valence-electron chi connectivity index (χ2n) is 8.01. The Morgan fingerprint density at radius 1 is 0.821 bits per heavy atom. The van der Waals surface area contributed by atoms with Gasteiger partial charge >= 0.3 is 0 Å². The molecular weight excluding hydrogens is 360 g/mol. The Kier molecular flexibility index (Phi) is 4.75. The van der Waals surface area contributed by atoms with Gasteiger partial charge in [-0.3, -0.25) is 9.80 Å². The second kappa shape index (κ2) is 7.40. The van der Waals surface area contributed by atoms with Crippen molar-refractivity contribution in [2.45, 2.75) is 24.4 Å². The van der Waals surface area contributed by atoms with Crippen LogP contribution < -0.4 is 0 Å². The summed E-state index contributed by atoms with van der Waals surface area (Å²) in [6, 6.07) is 24.9. The fourth-order valence-electron chi connectivity index (χ4n) is 4.78. The first-order chi connectivity index (χ1) is 13.7. The van der Waals surface area contributed by atoms with Crippen molar-refractivity contribution in [3.63, 3.8) is 0 Å². The molecule has 2 aliphatic rings. The summed E-state index contributed by atoms with van der Waals surface area (Å²) in [6.07, 6.45) is 0. The lowest BCUT2D eigenvalue weighted by atomic mass is 10.0. The lowest BCUT2D eigenvalue weighted by molar-refractivity contribution is 0.106. The van der Waals surface area contributed by atoms with E-state index in [0.717, 1.165) is 37.6 Å². The largest absolute Gasteiger partial charge is 0.297 e. The maximum absolute atomic E-state index is 4.50. The average molecular weight is 387 g/mol. The highest BCUT2D eigenvalue weighted by Gasteiger charge is 2.34. The molecule has 3 aromatic rings. The number of hydrogen-bond donors (Lipinski definition) is 1. The van der Waals surface area contributed by atoms with Gasteiger partial charge in [0.15, 0.2) is 0 Å². The number of benzene rings is 3. The molecule has 1 aliphatic carbocycles. The molecule has 0 saturated carbocycles. The summed E-state index contributed by atoms with van der Waals surface area (Å²) in [5.74, 6) is 0. The Bertz CT molecular complexity index is 959. The van der Waals surface area contributed by atoms with E-state index in [0.29, 0.717) is 6.04 Å². The fourth-order valence-corrected chi connectivity index (χ4v) is 4.92. The molecule has 0 radical (unpaired) electrons. The summed E-state index contributed by atoms with van der Waals surface area (Å²) in [5, 5.41) is 0. The quantitative estimate of drug-likeness (QED) is 0.620. The van der Waals surface area contributed by atoms with E-state index in [1.165, 1.54) is 33.4 Å². The maximum atomic E-state index is 4.50. The van der Waals surface area contributed by atoms with Gasteiger partial charge in [0, 0.05) is 37.6 Å². The Hall–Kier alpha value is -2.07. The fraction of sp³-hybridized carbons (Fsp3) is 0.280. The summed E-state index contributed by atoms with van der Waals surface area (Å²) in [6.45, 7) is 7.61. The number of rotatable bonds is 3. The first-order valence-corrected chi connectivity index (χ1v) is 10.6. The van der Waals surface area contributed by atoms with Crippen molar-refractivity contribution in [2.24, 2.45) is 0 Å². The molecule has 28 heavy (non-hydrogen) atoms. The standard InChI is InChI=1S/C25H26N2S/c1-18-16-19(10-11-24(18)28)17-26-12-14-27(15-13-26)25-22-8-4-2-6-20(22)21-7-3-5-9-23(21)25/h2-11,16,25,28H,12-15,17H2,1H3. The highest BCUT2D eigenvalue weighted by atomic mass is 32.1. The van der Waals surface area contributed by atoms with Gasteiger partial charge < -0.3 is 0 Å². The molecular formula is C25H26N2S. The predicted molar refractivity (Wildman–Crippen MR) is 119 cm³/mol. The Morgan fingerprint density at radius 3 is 2.04 bits per heavy atom. The van der Waals surface area contributed by atoms with Crippen molar-refractivity contribution >= 4 is 12.6 Å². The average Bonchev–Trinajstić information content (AvgIpc) is 3.06. The zero-order chi connectivity index (χ0) is 19.1. The highest BCUT2D eigenvalue weighted by Crippen LogP contribution is 2.46. The molecule has 1 aliphatic heterocycles. The Balaban J connectivity index is 1.32. The smallest absolute Gasteiger partial charge is 0.0614 e.